The molecule has 1 heterocycles. The first-order chi connectivity index (χ1) is 9.40. The lowest BCUT2D eigenvalue weighted by atomic mass is 10.2. The number of hydrogen-bond acceptors (Lipinski definition) is 4. The maximum atomic E-state index is 12.1. The predicted octanol–water partition coefficient (Wildman–Crippen LogP) is 4.05. The molecule has 1 amide bonds. The number of aromatic carboxylic acids is 1. The molecule has 0 aliphatic carbocycles. The number of thiazole rings is 1. The maximum absolute atomic E-state index is 12.1. The van der Waals surface area contributed by atoms with Gasteiger partial charge < -0.3 is 10.4 Å². The summed E-state index contributed by atoms with van der Waals surface area (Å²) in [5.74, 6) is -1.88. The van der Waals surface area contributed by atoms with E-state index in [0.717, 1.165) is 11.3 Å². The molecule has 0 unspecified atom stereocenters. The highest BCUT2D eigenvalue weighted by Crippen LogP contribution is 2.30. The summed E-state index contributed by atoms with van der Waals surface area (Å²) in [6.07, 6.45) is 0. The van der Waals surface area contributed by atoms with Gasteiger partial charge in [0.2, 0.25) is 0 Å². The van der Waals surface area contributed by atoms with Gasteiger partial charge in [-0.3, -0.25) is 4.79 Å². The van der Waals surface area contributed by atoms with Crippen LogP contribution in [0.4, 0.5) is 5.00 Å². The molecule has 104 valence electrons. The van der Waals surface area contributed by atoms with E-state index >= 15 is 0 Å². The van der Waals surface area contributed by atoms with Gasteiger partial charge in [0.1, 0.15) is 5.00 Å². The van der Waals surface area contributed by atoms with Crippen molar-refractivity contribution >= 4 is 63.0 Å². The lowest BCUT2D eigenvalue weighted by Crippen LogP contribution is -2.14. The van der Waals surface area contributed by atoms with Crippen LogP contribution in [0.2, 0.25) is 15.1 Å². The Kier molecular flexibility index (Phi) is 4.49. The zero-order valence-corrected chi connectivity index (χ0v) is 12.6. The van der Waals surface area contributed by atoms with Crippen LogP contribution in [0.1, 0.15) is 20.8 Å². The van der Waals surface area contributed by atoms with Crippen molar-refractivity contribution in [3.63, 3.8) is 0 Å². The summed E-state index contributed by atoms with van der Waals surface area (Å²) in [5.41, 5.74) is 1.08. The molecule has 2 rings (SSSR count). The first kappa shape index (κ1) is 15.1. The molecule has 20 heavy (non-hydrogen) atoms. The first-order valence-corrected chi connectivity index (χ1v) is 7.04. The van der Waals surface area contributed by atoms with Crippen LogP contribution in [0, 0.1) is 0 Å². The third-order valence-corrected chi connectivity index (χ3v) is 3.79. The van der Waals surface area contributed by atoms with Crippen molar-refractivity contribution < 1.29 is 14.7 Å². The Morgan fingerprint density at radius 3 is 2.35 bits per heavy atom. The van der Waals surface area contributed by atoms with E-state index < -0.39 is 11.9 Å². The Morgan fingerprint density at radius 2 is 1.80 bits per heavy atom. The fraction of sp³-hybridized carbons (Fsp3) is 0. The fourth-order valence-electron chi connectivity index (χ4n) is 1.41. The van der Waals surface area contributed by atoms with Crippen molar-refractivity contribution in [1.29, 1.82) is 0 Å². The average molecular weight is 352 g/mol. The second kappa shape index (κ2) is 5.97. The minimum atomic E-state index is -1.24. The molecule has 0 atom stereocenters. The van der Waals surface area contributed by atoms with Crippen LogP contribution in [0.5, 0.6) is 0 Å². The molecule has 2 aromatic rings. The van der Waals surface area contributed by atoms with Gasteiger partial charge in [-0.05, 0) is 12.1 Å². The molecule has 0 saturated heterocycles. The van der Waals surface area contributed by atoms with Crippen molar-refractivity contribution in [2.45, 2.75) is 0 Å². The lowest BCUT2D eigenvalue weighted by Gasteiger charge is -2.08. The molecule has 0 saturated carbocycles. The van der Waals surface area contributed by atoms with E-state index in [1.54, 1.807) is 0 Å². The molecular formula is C11H5Cl3N2O3S. The molecule has 0 spiro atoms. The lowest BCUT2D eigenvalue weighted by molar-refractivity contribution is 0.0692. The number of carbonyl (C=O) groups is 2. The Bertz CT molecular complexity index is 679. The van der Waals surface area contributed by atoms with E-state index in [-0.39, 0.29) is 26.3 Å². The Morgan fingerprint density at radius 1 is 1.20 bits per heavy atom. The van der Waals surface area contributed by atoms with Gasteiger partial charge in [0.15, 0.2) is 5.69 Å². The van der Waals surface area contributed by atoms with Crippen molar-refractivity contribution in [3.8, 4) is 0 Å². The zero-order valence-electron chi connectivity index (χ0n) is 9.49. The minimum Gasteiger partial charge on any atom is -0.476 e. The molecule has 9 heteroatoms. The summed E-state index contributed by atoms with van der Waals surface area (Å²) in [7, 11) is 0. The molecule has 0 fully saturated rings. The Balaban J connectivity index is 2.34. The fourth-order valence-corrected chi connectivity index (χ4v) is 3.07. The zero-order chi connectivity index (χ0) is 14.9. The largest absolute Gasteiger partial charge is 0.476 e. The van der Waals surface area contributed by atoms with Crippen LogP contribution in [0.3, 0.4) is 0 Å². The number of rotatable bonds is 3. The molecule has 1 aromatic carbocycles. The number of carbonyl (C=O) groups excluding carboxylic acids is 1. The van der Waals surface area contributed by atoms with Gasteiger partial charge in [-0.25, -0.2) is 9.78 Å². The number of benzene rings is 1. The first-order valence-electron chi connectivity index (χ1n) is 5.03. The number of nitrogens with zero attached hydrogens (tertiary/aromatic N) is 1. The second-order valence-electron chi connectivity index (χ2n) is 3.53. The SMILES string of the molecule is O=C(O)c1ncsc1NC(=O)c1c(Cl)cc(Cl)cc1Cl. The number of carboxylic acids is 1. The molecular weight excluding hydrogens is 347 g/mol. The minimum absolute atomic E-state index is 0.0162. The average Bonchev–Trinajstić information content (AvgIpc) is 2.75. The number of hydrogen-bond donors (Lipinski definition) is 2. The number of anilines is 1. The van der Waals surface area contributed by atoms with E-state index in [9.17, 15) is 9.59 Å². The van der Waals surface area contributed by atoms with Crippen molar-refractivity contribution in [3.05, 3.63) is 44.0 Å². The van der Waals surface area contributed by atoms with Crippen LogP contribution in [0.15, 0.2) is 17.6 Å². The number of carboxylic acid groups (broad SMARTS) is 1. The van der Waals surface area contributed by atoms with Crippen molar-refractivity contribution in [2.75, 3.05) is 5.32 Å². The summed E-state index contributed by atoms with van der Waals surface area (Å²) in [6, 6.07) is 2.74. The van der Waals surface area contributed by atoms with Gasteiger partial charge in [0, 0.05) is 5.02 Å². The normalized spacial score (nSPS) is 10.3. The highest BCUT2D eigenvalue weighted by atomic mass is 35.5. The van der Waals surface area contributed by atoms with E-state index in [1.807, 2.05) is 0 Å². The highest BCUT2D eigenvalue weighted by Gasteiger charge is 2.20. The molecule has 1 aromatic heterocycles. The van der Waals surface area contributed by atoms with Gasteiger partial charge in [-0.1, -0.05) is 34.8 Å². The molecule has 0 aliphatic rings. The third kappa shape index (κ3) is 3.04. The molecule has 2 N–H and O–H groups in total. The quantitative estimate of drug-likeness (QED) is 0.874. The van der Waals surface area contributed by atoms with Crippen LogP contribution in [-0.4, -0.2) is 22.0 Å². The third-order valence-electron chi connectivity index (χ3n) is 2.23. The second-order valence-corrected chi connectivity index (χ2v) is 5.64. The van der Waals surface area contributed by atoms with Crippen molar-refractivity contribution in [1.82, 2.24) is 4.98 Å². The Labute approximate surface area is 132 Å². The standard InChI is InChI=1S/C11H5Cl3N2O3S/c12-4-1-5(13)7(6(14)2-4)9(17)16-10-8(11(18)19)15-3-20-10/h1-3H,(H,16,17)(H,18,19). The van der Waals surface area contributed by atoms with E-state index in [1.165, 1.54) is 17.6 Å². The van der Waals surface area contributed by atoms with Gasteiger partial charge in [-0.15, -0.1) is 11.3 Å². The number of aromatic nitrogens is 1. The van der Waals surface area contributed by atoms with E-state index in [4.69, 9.17) is 39.9 Å². The highest BCUT2D eigenvalue weighted by molar-refractivity contribution is 7.14. The molecule has 0 radical (unpaired) electrons. The van der Waals surface area contributed by atoms with Crippen LogP contribution in [0.25, 0.3) is 0 Å². The van der Waals surface area contributed by atoms with Crippen molar-refractivity contribution in [2.24, 2.45) is 0 Å². The summed E-state index contributed by atoms with van der Waals surface area (Å²) in [6.45, 7) is 0. The van der Waals surface area contributed by atoms with Crippen LogP contribution in [-0.2, 0) is 0 Å². The maximum Gasteiger partial charge on any atom is 0.357 e. The van der Waals surface area contributed by atoms with Crippen LogP contribution >= 0.6 is 46.1 Å². The monoisotopic (exact) mass is 350 g/mol. The molecule has 0 bridgehead atoms. The number of halogens is 3. The number of amides is 1. The van der Waals surface area contributed by atoms with E-state index in [2.05, 4.69) is 10.3 Å². The predicted molar refractivity (Wildman–Crippen MR) is 78.5 cm³/mol. The smallest absolute Gasteiger partial charge is 0.357 e. The summed E-state index contributed by atoms with van der Waals surface area (Å²) < 4.78 is 0. The summed E-state index contributed by atoms with van der Waals surface area (Å²) in [5, 5.41) is 11.9. The topological polar surface area (TPSA) is 79.3 Å². The Hall–Kier alpha value is -1.34. The summed E-state index contributed by atoms with van der Waals surface area (Å²) in [4.78, 5) is 26.6. The molecule has 5 nitrogen and oxygen atoms in total. The molecule has 0 aliphatic heterocycles. The number of nitrogens with one attached hydrogen (secondary N) is 1. The van der Waals surface area contributed by atoms with Gasteiger partial charge in [0.05, 0.1) is 21.1 Å². The van der Waals surface area contributed by atoms with Gasteiger partial charge in [-0.2, -0.15) is 0 Å². The van der Waals surface area contributed by atoms with Crippen LogP contribution < -0.4 is 5.32 Å². The van der Waals surface area contributed by atoms with Gasteiger partial charge >= 0.3 is 5.97 Å². The van der Waals surface area contributed by atoms with Gasteiger partial charge in [0.25, 0.3) is 5.91 Å². The van der Waals surface area contributed by atoms with E-state index in [0.29, 0.717) is 5.02 Å². The summed E-state index contributed by atoms with van der Waals surface area (Å²) >= 11 is 18.6.